The normalized spacial score (nSPS) is 13.8. The summed E-state index contributed by atoms with van der Waals surface area (Å²) in [5.74, 6) is 1.58. The van der Waals surface area contributed by atoms with Gasteiger partial charge in [0.1, 0.15) is 11.5 Å². The molecule has 2 amide bonds. The maximum atomic E-state index is 12.3. The Balaban J connectivity index is 1.25. The highest BCUT2D eigenvalue weighted by molar-refractivity contribution is 5.93. The molecule has 1 saturated heterocycles. The summed E-state index contributed by atoms with van der Waals surface area (Å²) in [5, 5.41) is 5.64. The molecular weight excluding hydrogens is 438 g/mol. The molecule has 0 aliphatic carbocycles. The molecule has 0 unspecified atom stereocenters. The largest absolute Gasteiger partial charge is 0.457 e. The van der Waals surface area contributed by atoms with Gasteiger partial charge in [0, 0.05) is 24.2 Å². The van der Waals surface area contributed by atoms with E-state index in [9.17, 15) is 4.79 Å². The summed E-state index contributed by atoms with van der Waals surface area (Å²) in [5.41, 5.74) is 8.70. The Kier molecular flexibility index (Phi) is 6.95. The SMILES string of the molecule is NC(=O)N(CCc1ccc(Oc2ccccc2)cc1)c1ccc2cnn(CCN3CCCC3)c2c1. The number of ether oxygens (including phenoxy) is 1. The monoisotopic (exact) mass is 469 g/mol. The molecule has 35 heavy (non-hydrogen) atoms. The van der Waals surface area contributed by atoms with Crippen molar-refractivity contribution in [3.8, 4) is 11.5 Å². The van der Waals surface area contributed by atoms with Gasteiger partial charge in [0.25, 0.3) is 0 Å². The number of rotatable bonds is 9. The number of likely N-dealkylation sites (tertiary alicyclic amines) is 1. The molecule has 7 nitrogen and oxygen atoms in total. The Morgan fingerprint density at radius 1 is 0.943 bits per heavy atom. The first-order valence-electron chi connectivity index (χ1n) is 12.2. The Hall–Kier alpha value is -3.84. The van der Waals surface area contributed by atoms with E-state index >= 15 is 0 Å². The van der Waals surface area contributed by atoms with E-state index in [2.05, 4.69) is 10.00 Å². The smallest absolute Gasteiger partial charge is 0.319 e. The molecule has 0 radical (unpaired) electrons. The van der Waals surface area contributed by atoms with Crippen LogP contribution in [-0.2, 0) is 13.0 Å². The van der Waals surface area contributed by atoms with Crippen LogP contribution in [0.25, 0.3) is 10.9 Å². The molecule has 0 spiro atoms. The maximum Gasteiger partial charge on any atom is 0.319 e. The molecule has 1 fully saturated rings. The Bertz CT molecular complexity index is 1260. The van der Waals surface area contributed by atoms with E-state index in [1.807, 2.05) is 83.7 Å². The first kappa shape index (κ1) is 22.9. The molecule has 1 aliphatic heterocycles. The zero-order chi connectivity index (χ0) is 24.0. The number of primary amides is 1. The van der Waals surface area contributed by atoms with Crippen molar-refractivity contribution in [3.63, 3.8) is 0 Å². The zero-order valence-corrected chi connectivity index (χ0v) is 19.8. The van der Waals surface area contributed by atoms with Crippen LogP contribution in [0.15, 0.2) is 79.0 Å². The molecule has 0 bridgehead atoms. The van der Waals surface area contributed by atoms with Crippen molar-refractivity contribution in [1.82, 2.24) is 14.7 Å². The number of benzene rings is 3. The minimum atomic E-state index is -0.462. The van der Waals surface area contributed by atoms with Gasteiger partial charge in [-0.25, -0.2) is 4.79 Å². The van der Waals surface area contributed by atoms with E-state index in [0.717, 1.165) is 46.7 Å². The third-order valence-corrected chi connectivity index (χ3v) is 6.56. The van der Waals surface area contributed by atoms with E-state index < -0.39 is 6.03 Å². The zero-order valence-electron chi connectivity index (χ0n) is 19.8. The molecule has 2 N–H and O–H groups in total. The van der Waals surface area contributed by atoms with Crippen molar-refractivity contribution < 1.29 is 9.53 Å². The number of amides is 2. The third kappa shape index (κ3) is 5.63. The number of hydrogen-bond acceptors (Lipinski definition) is 4. The quantitative estimate of drug-likeness (QED) is 0.372. The van der Waals surface area contributed by atoms with Crippen LogP contribution in [-0.4, -0.2) is 46.9 Å². The van der Waals surface area contributed by atoms with Gasteiger partial charge in [-0.2, -0.15) is 5.10 Å². The van der Waals surface area contributed by atoms with Gasteiger partial charge in [0.05, 0.1) is 18.3 Å². The molecule has 1 aromatic heterocycles. The van der Waals surface area contributed by atoms with Crippen LogP contribution in [0.1, 0.15) is 18.4 Å². The van der Waals surface area contributed by atoms with E-state index in [1.54, 1.807) is 4.90 Å². The van der Waals surface area contributed by atoms with E-state index in [4.69, 9.17) is 10.5 Å². The van der Waals surface area contributed by atoms with Crippen molar-refractivity contribution in [2.75, 3.05) is 31.1 Å². The van der Waals surface area contributed by atoms with Crippen LogP contribution < -0.4 is 15.4 Å². The Morgan fingerprint density at radius 2 is 1.69 bits per heavy atom. The number of nitrogens with two attached hydrogens (primary N) is 1. The second-order valence-corrected chi connectivity index (χ2v) is 8.96. The summed E-state index contributed by atoms with van der Waals surface area (Å²) < 4.78 is 7.90. The summed E-state index contributed by atoms with van der Waals surface area (Å²) in [6.45, 7) is 4.64. The van der Waals surface area contributed by atoms with Gasteiger partial charge in [-0.05, 0) is 80.4 Å². The average molecular weight is 470 g/mol. The van der Waals surface area contributed by atoms with Crippen LogP contribution in [0.2, 0.25) is 0 Å². The third-order valence-electron chi connectivity index (χ3n) is 6.56. The number of anilines is 1. The first-order chi connectivity index (χ1) is 17.2. The van der Waals surface area contributed by atoms with Crippen molar-refractivity contribution in [3.05, 3.63) is 84.6 Å². The number of urea groups is 1. The summed E-state index contributed by atoms with van der Waals surface area (Å²) in [7, 11) is 0. The average Bonchev–Trinajstić information content (AvgIpc) is 3.54. The van der Waals surface area contributed by atoms with Gasteiger partial charge in [0.2, 0.25) is 0 Å². The first-order valence-corrected chi connectivity index (χ1v) is 12.2. The van der Waals surface area contributed by atoms with Gasteiger partial charge in [-0.3, -0.25) is 9.58 Å². The van der Waals surface area contributed by atoms with Crippen LogP contribution >= 0.6 is 0 Å². The Morgan fingerprint density at radius 3 is 2.43 bits per heavy atom. The molecule has 4 aromatic rings. The number of carbonyl (C=O) groups is 1. The topological polar surface area (TPSA) is 76.6 Å². The second kappa shape index (κ2) is 10.6. The highest BCUT2D eigenvalue weighted by Crippen LogP contribution is 2.24. The standard InChI is InChI=1S/C28H31N5O2/c29-28(34)32(17-14-22-8-12-26(13-9-22)35-25-6-2-1-3-7-25)24-11-10-23-21-30-33(27(23)20-24)19-18-31-15-4-5-16-31/h1-3,6-13,20-21H,4-5,14-19H2,(H2,29,34). The fourth-order valence-electron chi connectivity index (χ4n) is 4.60. The number of fused-ring (bicyclic) bond motifs is 1. The van der Waals surface area contributed by atoms with Crippen molar-refractivity contribution in [1.29, 1.82) is 0 Å². The highest BCUT2D eigenvalue weighted by Gasteiger charge is 2.16. The summed E-state index contributed by atoms with van der Waals surface area (Å²) in [4.78, 5) is 16.4. The molecule has 2 heterocycles. The number of para-hydroxylation sites is 1. The van der Waals surface area contributed by atoms with Crippen molar-refractivity contribution >= 4 is 22.6 Å². The van der Waals surface area contributed by atoms with Crippen LogP contribution in [0.4, 0.5) is 10.5 Å². The van der Waals surface area contributed by atoms with E-state index in [1.165, 1.54) is 25.9 Å². The maximum absolute atomic E-state index is 12.3. The molecule has 1 aliphatic rings. The number of hydrogen-bond donors (Lipinski definition) is 1. The molecule has 180 valence electrons. The summed E-state index contributed by atoms with van der Waals surface area (Å²) in [6, 6.07) is 23.1. The van der Waals surface area contributed by atoms with Crippen LogP contribution in [0.5, 0.6) is 11.5 Å². The minimum absolute atomic E-state index is 0.462. The van der Waals surface area contributed by atoms with Crippen molar-refractivity contribution in [2.45, 2.75) is 25.8 Å². The molecule has 0 saturated carbocycles. The Labute approximate surface area is 205 Å². The van der Waals surface area contributed by atoms with Crippen LogP contribution in [0, 0.1) is 0 Å². The second-order valence-electron chi connectivity index (χ2n) is 8.96. The van der Waals surface area contributed by atoms with Gasteiger partial charge < -0.3 is 15.4 Å². The lowest BCUT2D eigenvalue weighted by atomic mass is 10.1. The molecule has 3 aromatic carbocycles. The molecule has 0 atom stereocenters. The summed E-state index contributed by atoms with van der Waals surface area (Å²) >= 11 is 0. The van der Waals surface area contributed by atoms with Gasteiger partial charge in [-0.15, -0.1) is 0 Å². The number of nitrogens with zero attached hydrogens (tertiary/aromatic N) is 4. The predicted molar refractivity (Wildman–Crippen MR) is 139 cm³/mol. The molecular formula is C28H31N5O2. The van der Waals surface area contributed by atoms with Crippen molar-refractivity contribution in [2.24, 2.45) is 5.73 Å². The fourth-order valence-corrected chi connectivity index (χ4v) is 4.60. The predicted octanol–water partition coefficient (Wildman–Crippen LogP) is 5.05. The van der Waals surface area contributed by atoms with E-state index in [0.29, 0.717) is 13.0 Å². The van der Waals surface area contributed by atoms with Gasteiger partial charge in [0.15, 0.2) is 0 Å². The highest BCUT2D eigenvalue weighted by atomic mass is 16.5. The lowest BCUT2D eigenvalue weighted by Crippen LogP contribution is -2.37. The number of aromatic nitrogens is 2. The van der Waals surface area contributed by atoms with Crippen LogP contribution in [0.3, 0.4) is 0 Å². The van der Waals surface area contributed by atoms with Gasteiger partial charge in [-0.1, -0.05) is 30.3 Å². The minimum Gasteiger partial charge on any atom is -0.457 e. The van der Waals surface area contributed by atoms with E-state index in [-0.39, 0.29) is 0 Å². The van der Waals surface area contributed by atoms with Gasteiger partial charge >= 0.3 is 6.03 Å². The number of carbonyl (C=O) groups excluding carboxylic acids is 1. The fraction of sp³-hybridized carbons (Fsp3) is 0.286. The molecule has 5 rings (SSSR count). The molecule has 7 heteroatoms. The summed E-state index contributed by atoms with van der Waals surface area (Å²) in [6.07, 6.45) is 5.12. The lowest BCUT2D eigenvalue weighted by molar-refractivity contribution is 0.254. The lowest BCUT2D eigenvalue weighted by Gasteiger charge is -2.21.